The van der Waals surface area contributed by atoms with Gasteiger partial charge in [0.25, 0.3) is 5.91 Å². The van der Waals surface area contributed by atoms with E-state index in [1.54, 1.807) is 24.5 Å². The third-order valence-corrected chi connectivity index (χ3v) is 4.05. The molecule has 0 radical (unpaired) electrons. The van der Waals surface area contributed by atoms with Gasteiger partial charge in [0.05, 0.1) is 12.2 Å². The number of pyridine rings is 1. The molecule has 0 atom stereocenters. The van der Waals surface area contributed by atoms with E-state index < -0.39 is 30.2 Å². The van der Waals surface area contributed by atoms with Gasteiger partial charge in [-0.15, -0.1) is 0 Å². The lowest BCUT2D eigenvalue weighted by molar-refractivity contribution is -0.142. The lowest BCUT2D eigenvalue weighted by Gasteiger charge is -2.08. The number of benzene rings is 1. The van der Waals surface area contributed by atoms with Crippen LogP contribution in [0.2, 0.25) is 0 Å². The van der Waals surface area contributed by atoms with Crippen LogP contribution in [-0.2, 0) is 22.1 Å². The van der Waals surface area contributed by atoms with Crippen LogP contribution in [0.3, 0.4) is 0 Å². The number of carbonyl (C=O) groups excluding carboxylic acids is 2. The molecule has 2 heterocycles. The van der Waals surface area contributed by atoms with Crippen LogP contribution in [0, 0.1) is 0 Å². The van der Waals surface area contributed by atoms with Crippen molar-refractivity contribution in [3.63, 3.8) is 0 Å². The summed E-state index contributed by atoms with van der Waals surface area (Å²) in [4.78, 5) is 31.8. The Kier molecular flexibility index (Phi) is 6.96. The van der Waals surface area contributed by atoms with Crippen LogP contribution in [-0.4, -0.2) is 40.2 Å². The Morgan fingerprint density at radius 3 is 2.58 bits per heavy atom. The fourth-order valence-electron chi connectivity index (χ4n) is 2.49. The van der Waals surface area contributed by atoms with E-state index in [0.717, 1.165) is 24.3 Å². The molecule has 162 valence electrons. The lowest BCUT2D eigenvalue weighted by atomic mass is 10.1. The summed E-state index contributed by atoms with van der Waals surface area (Å²) in [5.74, 6) is -0.571. The number of alkyl halides is 3. The quantitative estimate of drug-likeness (QED) is 0.429. The number of aromatic nitrogens is 3. The molecule has 31 heavy (non-hydrogen) atoms. The van der Waals surface area contributed by atoms with Crippen molar-refractivity contribution in [1.29, 1.82) is 0 Å². The number of hydrogen-bond acceptors (Lipinski definition) is 7. The molecule has 0 saturated carbocycles. The topological polar surface area (TPSA) is 107 Å². The smallest absolute Gasteiger partial charge is 0.416 e. The number of nitrogens with zero attached hydrogens (tertiary/aromatic N) is 3. The van der Waals surface area contributed by atoms with E-state index in [0.29, 0.717) is 30.1 Å². The Labute approximate surface area is 174 Å². The highest BCUT2D eigenvalue weighted by Gasteiger charge is 2.30. The van der Waals surface area contributed by atoms with Crippen LogP contribution in [0.25, 0.3) is 11.4 Å². The fraction of sp³-hybridized carbons (Fsp3) is 0.250. The number of hydrogen-bond donors (Lipinski definition) is 1. The summed E-state index contributed by atoms with van der Waals surface area (Å²) in [6.07, 6.45) is -0.438. The van der Waals surface area contributed by atoms with Crippen LogP contribution >= 0.6 is 0 Å². The van der Waals surface area contributed by atoms with E-state index >= 15 is 0 Å². The molecule has 0 fully saturated rings. The summed E-state index contributed by atoms with van der Waals surface area (Å²) in [6, 6.07) is 7.21. The minimum atomic E-state index is -4.49. The van der Waals surface area contributed by atoms with Crippen molar-refractivity contribution >= 4 is 11.9 Å². The van der Waals surface area contributed by atoms with E-state index in [4.69, 9.17) is 9.26 Å². The first-order valence-electron chi connectivity index (χ1n) is 9.17. The second kappa shape index (κ2) is 9.83. The second-order valence-corrected chi connectivity index (χ2v) is 6.34. The van der Waals surface area contributed by atoms with Crippen molar-refractivity contribution in [2.75, 3.05) is 13.2 Å². The van der Waals surface area contributed by atoms with Gasteiger partial charge >= 0.3 is 12.1 Å². The molecule has 3 aromatic rings. The highest BCUT2D eigenvalue weighted by atomic mass is 19.4. The average Bonchev–Trinajstić information content (AvgIpc) is 3.24. The zero-order chi connectivity index (χ0) is 22.3. The zero-order valence-corrected chi connectivity index (χ0v) is 16.1. The van der Waals surface area contributed by atoms with E-state index in [-0.39, 0.29) is 12.2 Å². The van der Waals surface area contributed by atoms with Crippen LogP contribution in [0.1, 0.15) is 28.2 Å². The van der Waals surface area contributed by atoms with Crippen LogP contribution in [0.5, 0.6) is 0 Å². The largest absolute Gasteiger partial charge is 0.464 e. The minimum absolute atomic E-state index is 0.00149. The van der Waals surface area contributed by atoms with Gasteiger partial charge in [-0.25, -0.2) is 0 Å². The van der Waals surface area contributed by atoms with Crippen LogP contribution in [0.15, 0.2) is 53.3 Å². The molecule has 3 rings (SSSR count). The monoisotopic (exact) mass is 434 g/mol. The predicted octanol–water partition coefficient (Wildman–Crippen LogP) is 3.06. The number of aryl methyl sites for hydroxylation is 1. The average molecular weight is 434 g/mol. The van der Waals surface area contributed by atoms with Crippen molar-refractivity contribution < 1.29 is 32.0 Å². The summed E-state index contributed by atoms with van der Waals surface area (Å²) < 4.78 is 47.7. The van der Waals surface area contributed by atoms with Gasteiger partial charge in [0.15, 0.2) is 0 Å². The molecule has 0 spiro atoms. The number of nitrogens with one attached hydrogen (secondary N) is 1. The van der Waals surface area contributed by atoms with E-state index in [1.165, 1.54) is 0 Å². The summed E-state index contributed by atoms with van der Waals surface area (Å²) in [7, 11) is 0. The first-order valence-corrected chi connectivity index (χ1v) is 9.17. The molecule has 1 amide bonds. The minimum Gasteiger partial charge on any atom is -0.464 e. The molecule has 8 nitrogen and oxygen atoms in total. The highest BCUT2D eigenvalue weighted by molar-refractivity contribution is 5.95. The van der Waals surface area contributed by atoms with Crippen molar-refractivity contribution in [2.24, 2.45) is 0 Å². The van der Waals surface area contributed by atoms with Gasteiger partial charge < -0.3 is 14.6 Å². The molecule has 0 bridgehead atoms. The molecule has 0 unspecified atom stereocenters. The van der Waals surface area contributed by atoms with Crippen molar-refractivity contribution in [3.05, 3.63) is 65.8 Å². The predicted molar refractivity (Wildman–Crippen MR) is 101 cm³/mol. The lowest BCUT2D eigenvalue weighted by Crippen LogP contribution is -2.30. The molecule has 11 heteroatoms. The van der Waals surface area contributed by atoms with Gasteiger partial charge in [0.2, 0.25) is 11.7 Å². The SMILES string of the molecule is O=C(CNC(=O)c1ccc(C(F)(F)F)cc1)OCCCc1nc(-c2cccnc2)no1. The number of halogens is 3. The van der Waals surface area contributed by atoms with Crippen LogP contribution in [0.4, 0.5) is 13.2 Å². The summed E-state index contributed by atoms with van der Waals surface area (Å²) in [5, 5.41) is 6.15. The molecular formula is C20H17F3N4O4. The van der Waals surface area contributed by atoms with Gasteiger partial charge in [0, 0.05) is 29.9 Å². The number of amides is 1. The first-order chi connectivity index (χ1) is 14.8. The molecule has 0 aliphatic heterocycles. The van der Waals surface area contributed by atoms with Crippen molar-refractivity contribution in [1.82, 2.24) is 20.4 Å². The normalized spacial score (nSPS) is 11.2. The summed E-state index contributed by atoms with van der Waals surface area (Å²) in [5.41, 5.74) is -0.147. The number of rotatable bonds is 8. The molecule has 0 aliphatic carbocycles. The summed E-state index contributed by atoms with van der Waals surface area (Å²) in [6.45, 7) is -0.342. The van der Waals surface area contributed by atoms with E-state index in [1.807, 2.05) is 0 Å². The first kappa shape index (κ1) is 21.9. The van der Waals surface area contributed by atoms with Crippen molar-refractivity contribution in [3.8, 4) is 11.4 Å². The van der Waals surface area contributed by atoms with Crippen LogP contribution < -0.4 is 5.32 Å². The molecule has 1 aromatic carbocycles. The number of carbonyl (C=O) groups is 2. The maximum absolute atomic E-state index is 12.5. The molecule has 0 aliphatic rings. The second-order valence-electron chi connectivity index (χ2n) is 6.34. The molecular weight excluding hydrogens is 417 g/mol. The third-order valence-electron chi connectivity index (χ3n) is 4.05. The number of ether oxygens (including phenoxy) is 1. The maximum atomic E-state index is 12.5. The maximum Gasteiger partial charge on any atom is 0.416 e. The standard InChI is InChI=1S/C20H17F3N4O4/c21-20(22,23)15-7-5-13(6-8-15)19(29)25-12-17(28)30-10-2-4-16-26-18(27-31-16)14-3-1-9-24-11-14/h1,3,5-9,11H,2,4,10,12H2,(H,25,29). The molecule has 2 aromatic heterocycles. The van der Waals surface area contributed by atoms with Gasteiger partial charge in [-0.05, 0) is 42.8 Å². The van der Waals surface area contributed by atoms with E-state index in [2.05, 4.69) is 20.4 Å². The molecule has 0 saturated heterocycles. The Morgan fingerprint density at radius 1 is 1.13 bits per heavy atom. The number of esters is 1. The Morgan fingerprint density at radius 2 is 1.90 bits per heavy atom. The Hall–Kier alpha value is -3.76. The van der Waals surface area contributed by atoms with Crippen molar-refractivity contribution in [2.45, 2.75) is 19.0 Å². The van der Waals surface area contributed by atoms with Gasteiger partial charge in [-0.1, -0.05) is 5.16 Å². The van der Waals surface area contributed by atoms with Gasteiger partial charge in [0.1, 0.15) is 6.54 Å². The van der Waals surface area contributed by atoms with Gasteiger partial charge in [-0.3, -0.25) is 14.6 Å². The molecule has 1 N–H and O–H groups in total. The fourth-order valence-corrected chi connectivity index (χ4v) is 2.49. The summed E-state index contributed by atoms with van der Waals surface area (Å²) >= 11 is 0. The van der Waals surface area contributed by atoms with E-state index in [9.17, 15) is 22.8 Å². The third kappa shape index (κ3) is 6.36. The highest BCUT2D eigenvalue weighted by Crippen LogP contribution is 2.29. The van der Waals surface area contributed by atoms with Gasteiger partial charge in [-0.2, -0.15) is 18.2 Å². The Balaban J connectivity index is 1.36. The zero-order valence-electron chi connectivity index (χ0n) is 16.1. The Bertz CT molecular complexity index is 1020.